The maximum absolute atomic E-state index is 9.20. The van der Waals surface area contributed by atoms with E-state index in [0.29, 0.717) is 10.6 Å². The normalized spacial score (nSPS) is 10.2. The Bertz CT molecular complexity index is 474. The number of benzene rings is 1. The number of nitrogens with zero attached hydrogens (tertiary/aromatic N) is 1. The minimum atomic E-state index is 0.208. The van der Waals surface area contributed by atoms with E-state index in [-0.39, 0.29) is 5.75 Å². The molecule has 0 saturated heterocycles. The Morgan fingerprint density at radius 3 is 2.77 bits per heavy atom. The highest BCUT2D eigenvalue weighted by molar-refractivity contribution is 7.71. The van der Waals surface area contributed by atoms with E-state index in [1.165, 1.54) is 0 Å². The molecule has 2 aromatic rings. The first-order valence-corrected chi connectivity index (χ1v) is 4.10. The number of phenols is 1. The van der Waals surface area contributed by atoms with Crippen LogP contribution in [0.4, 0.5) is 0 Å². The van der Waals surface area contributed by atoms with Crippen molar-refractivity contribution in [3.63, 3.8) is 0 Å². The van der Waals surface area contributed by atoms with E-state index in [1.54, 1.807) is 18.2 Å². The number of aromatic amines is 2. The molecule has 0 aliphatic carbocycles. The van der Waals surface area contributed by atoms with E-state index in [1.807, 2.05) is 6.07 Å². The second-order valence-electron chi connectivity index (χ2n) is 2.57. The average molecular weight is 193 g/mol. The number of phenolic OH excluding ortho intramolecular Hbond substituents is 1. The molecular formula is C8H7N3OS. The quantitative estimate of drug-likeness (QED) is 0.605. The van der Waals surface area contributed by atoms with Gasteiger partial charge in [-0.25, -0.2) is 0 Å². The van der Waals surface area contributed by atoms with Gasteiger partial charge in [0.15, 0.2) is 5.82 Å². The zero-order chi connectivity index (χ0) is 9.26. The maximum Gasteiger partial charge on any atom is 0.213 e. The highest BCUT2D eigenvalue weighted by Crippen LogP contribution is 2.18. The van der Waals surface area contributed by atoms with Crippen LogP contribution in [0.15, 0.2) is 24.3 Å². The molecule has 13 heavy (non-hydrogen) atoms. The fraction of sp³-hybridized carbons (Fsp3) is 0. The van der Waals surface area contributed by atoms with Crippen molar-refractivity contribution in [1.82, 2.24) is 15.2 Å². The smallest absolute Gasteiger partial charge is 0.213 e. The third-order valence-corrected chi connectivity index (χ3v) is 1.81. The topological polar surface area (TPSA) is 64.7 Å². The van der Waals surface area contributed by atoms with Crippen LogP contribution in [-0.2, 0) is 0 Å². The Morgan fingerprint density at radius 1 is 1.31 bits per heavy atom. The Labute approximate surface area is 79.3 Å². The molecule has 3 N–H and O–H groups in total. The summed E-state index contributed by atoms with van der Waals surface area (Å²) in [6.45, 7) is 0. The number of hydrogen-bond acceptors (Lipinski definition) is 3. The summed E-state index contributed by atoms with van der Waals surface area (Å²) in [4.78, 5) is 4.01. The molecule has 0 saturated carbocycles. The third kappa shape index (κ3) is 1.59. The molecule has 0 aliphatic heterocycles. The van der Waals surface area contributed by atoms with Crippen molar-refractivity contribution in [2.24, 2.45) is 0 Å². The van der Waals surface area contributed by atoms with Crippen LogP contribution in [0, 0.1) is 4.77 Å². The van der Waals surface area contributed by atoms with Crippen LogP contribution in [-0.4, -0.2) is 20.3 Å². The van der Waals surface area contributed by atoms with E-state index in [4.69, 9.17) is 12.2 Å². The molecule has 0 atom stereocenters. The molecule has 0 aliphatic rings. The van der Waals surface area contributed by atoms with Gasteiger partial charge >= 0.3 is 0 Å². The third-order valence-electron chi connectivity index (χ3n) is 1.62. The summed E-state index contributed by atoms with van der Waals surface area (Å²) >= 11 is 4.81. The number of aromatic hydroxyl groups is 1. The van der Waals surface area contributed by atoms with Gasteiger partial charge < -0.3 is 5.11 Å². The molecule has 0 fully saturated rings. The summed E-state index contributed by atoms with van der Waals surface area (Å²) in [5.41, 5.74) is 0.798. The first-order chi connectivity index (χ1) is 6.25. The monoisotopic (exact) mass is 193 g/mol. The van der Waals surface area contributed by atoms with Crippen molar-refractivity contribution in [3.05, 3.63) is 29.0 Å². The highest BCUT2D eigenvalue weighted by atomic mass is 32.1. The minimum Gasteiger partial charge on any atom is -0.508 e. The molecule has 1 heterocycles. The van der Waals surface area contributed by atoms with Gasteiger partial charge in [0, 0.05) is 5.56 Å². The van der Waals surface area contributed by atoms with Crippen molar-refractivity contribution >= 4 is 12.2 Å². The van der Waals surface area contributed by atoms with Gasteiger partial charge in [-0.1, -0.05) is 12.1 Å². The number of H-pyrrole nitrogens is 2. The van der Waals surface area contributed by atoms with E-state index < -0.39 is 0 Å². The van der Waals surface area contributed by atoms with Crippen molar-refractivity contribution in [1.29, 1.82) is 0 Å². The van der Waals surface area contributed by atoms with Crippen LogP contribution >= 0.6 is 12.2 Å². The first-order valence-electron chi connectivity index (χ1n) is 3.70. The molecule has 0 unspecified atom stereocenters. The first kappa shape index (κ1) is 8.00. The molecule has 66 valence electrons. The van der Waals surface area contributed by atoms with Gasteiger partial charge in [-0.05, 0) is 24.4 Å². The Hall–Kier alpha value is -1.62. The Morgan fingerprint density at radius 2 is 2.15 bits per heavy atom. The predicted octanol–water partition coefficient (Wildman–Crippen LogP) is 1.84. The summed E-state index contributed by atoms with van der Waals surface area (Å²) < 4.78 is 0.401. The van der Waals surface area contributed by atoms with E-state index in [9.17, 15) is 5.11 Å². The van der Waals surface area contributed by atoms with Gasteiger partial charge in [0.1, 0.15) is 5.75 Å². The van der Waals surface area contributed by atoms with E-state index in [0.717, 1.165) is 5.56 Å². The maximum atomic E-state index is 9.20. The Kier molecular flexibility index (Phi) is 1.86. The van der Waals surface area contributed by atoms with Gasteiger partial charge in [0.25, 0.3) is 0 Å². The lowest BCUT2D eigenvalue weighted by molar-refractivity contribution is 0.475. The van der Waals surface area contributed by atoms with Crippen molar-refractivity contribution in [3.8, 4) is 17.1 Å². The highest BCUT2D eigenvalue weighted by Gasteiger charge is 2.00. The van der Waals surface area contributed by atoms with Crippen LogP contribution in [0.2, 0.25) is 0 Å². The molecule has 5 heteroatoms. The predicted molar refractivity (Wildman–Crippen MR) is 50.9 cm³/mol. The van der Waals surface area contributed by atoms with Gasteiger partial charge in [-0.15, -0.1) is 0 Å². The van der Waals surface area contributed by atoms with Crippen LogP contribution in [0.3, 0.4) is 0 Å². The molecule has 0 bridgehead atoms. The molecule has 0 amide bonds. The van der Waals surface area contributed by atoms with Gasteiger partial charge in [0.2, 0.25) is 4.77 Å². The number of aromatic nitrogens is 3. The van der Waals surface area contributed by atoms with Gasteiger partial charge in [-0.2, -0.15) is 4.98 Å². The summed E-state index contributed by atoms with van der Waals surface area (Å²) in [5.74, 6) is 0.834. The average Bonchev–Trinajstić information content (AvgIpc) is 2.52. The largest absolute Gasteiger partial charge is 0.508 e. The second kappa shape index (κ2) is 3.02. The van der Waals surface area contributed by atoms with E-state index >= 15 is 0 Å². The SMILES string of the molecule is Oc1cccc(-c2nc(=S)[nH][nH]2)c1. The fourth-order valence-electron chi connectivity index (χ4n) is 1.06. The lowest BCUT2D eigenvalue weighted by Crippen LogP contribution is -1.79. The van der Waals surface area contributed by atoms with Crippen LogP contribution < -0.4 is 0 Å². The molecular weight excluding hydrogens is 186 g/mol. The second-order valence-corrected chi connectivity index (χ2v) is 2.95. The molecule has 0 spiro atoms. The van der Waals surface area contributed by atoms with Gasteiger partial charge in [-0.3, -0.25) is 10.2 Å². The van der Waals surface area contributed by atoms with Crippen molar-refractivity contribution < 1.29 is 5.11 Å². The minimum absolute atomic E-state index is 0.208. The molecule has 1 aromatic carbocycles. The van der Waals surface area contributed by atoms with Crippen molar-refractivity contribution in [2.45, 2.75) is 0 Å². The summed E-state index contributed by atoms with van der Waals surface area (Å²) in [6.07, 6.45) is 0. The Balaban J connectivity index is 2.52. The lowest BCUT2D eigenvalue weighted by atomic mass is 10.2. The van der Waals surface area contributed by atoms with Crippen LogP contribution in [0.25, 0.3) is 11.4 Å². The zero-order valence-electron chi connectivity index (χ0n) is 6.61. The summed E-state index contributed by atoms with van der Waals surface area (Å²) in [6, 6.07) is 6.80. The van der Waals surface area contributed by atoms with Crippen molar-refractivity contribution in [2.75, 3.05) is 0 Å². The van der Waals surface area contributed by atoms with E-state index in [2.05, 4.69) is 15.2 Å². The number of nitrogens with one attached hydrogen (secondary N) is 2. The fourth-order valence-corrected chi connectivity index (χ4v) is 1.20. The molecule has 2 rings (SSSR count). The molecule has 4 nitrogen and oxygen atoms in total. The summed E-state index contributed by atoms with van der Waals surface area (Å²) in [5, 5.41) is 14.7. The molecule has 0 radical (unpaired) electrons. The molecule has 1 aromatic heterocycles. The lowest BCUT2D eigenvalue weighted by Gasteiger charge is -1.95. The van der Waals surface area contributed by atoms with Crippen LogP contribution in [0.1, 0.15) is 0 Å². The van der Waals surface area contributed by atoms with Gasteiger partial charge in [0.05, 0.1) is 0 Å². The summed E-state index contributed by atoms with van der Waals surface area (Å²) in [7, 11) is 0. The number of hydrogen-bond donors (Lipinski definition) is 3. The van der Waals surface area contributed by atoms with Crippen LogP contribution in [0.5, 0.6) is 5.75 Å². The number of rotatable bonds is 1. The standard InChI is InChI=1S/C8H7N3OS/c12-6-3-1-2-5(4-6)7-9-8(13)11-10-7/h1-4,12H,(H2,9,10,11,13). The zero-order valence-corrected chi connectivity index (χ0v) is 7.43.